The standard InChI is InChI=1S/C27H33N3O5/c1-3-14-30(15-4-2)26(32)23(17-24(27(33)34)35-18-19-10-6-5-7-11-19)29-25(31)22-16-20-12-8-9-13-21(20)28-22/h5-13,16,23-24,28H,3-4,14-15,17-18H2,1-2H3,(H,29,31)(H,33,34). The number of aromatic amines is 1. The van der Waals surface area contributed by atoms with Crippen LogP contribution in [-0.2, 0) is 20.9 Å². The Morgan fingerprint density at radius 1 is 1.00 bits per heavy atom. The third-order valence-corrected chi connectivity index (χ3v) is 5.70. The molecule has 2 atom stereocenters. The van der Waals surface area contributed by atoms with Gasteiger partial charge in [-0.25, -0.2) is 4.79 Å². The number of hydrogen-bond acceptors (Lipinski definition) is 4. The summed E-state index contributed by atoms with van der Waals surface area (Å²) in [4.78, 5) is 43.3. The topological polar surface area (TPSA) is 112 Å². The van der Waals surface area contributed by atoms with Gasteiger partial charge in [0.25, 0.3) is 5.91 Å². The second-order valence-electron chi connectivity index (χ2n) is 8.48. The Hall–Kier alpha value is -3.65. The molecule has 0 saturated carbocycles. The summed E-state index contributed by atoms with van der Waals surface area (Å²) >= 11 is 0. The lowest BCUT2D eigenvalue weighted by Gasteiger charge is -2.29. The van der Waals surface area contributed by atoms with Crippen LogP contribution in [0.3, 0.4) is 0 Å². The van der Waals surface area contributed by atoms with Gasteiger partial charge in [-0.1, -0.05) is 62.4 Å². The molecule has 2 amide bonds. The largest absolute Gasteiger partial charge is 0.479 e. The van der Waals surface area contributed by atoms with E-state index in [9.17, 15) is 19.5 Å². The normalized spacial score (nSPS) is 12.7. The number of carboxylic acid groups (broad SMARTS) is 1. The van der Waals surface area contributed by atoms with E-state index in [1.165, 1.54) is 0 Å². The first-order chi connectivity index (χ1) is 16.9. The maximum Gasteiger partial charge on any atom is 0.332 e. The van der Waals surface area contributed by atoms with Crippen molar-refractivity contribution in [2.75, 3.05) is 13.1 Å². The highest BCUT2D eigenvalue weighted by Crippen LogP contribution is 2.16. The number of aromatic nitrogens is 1. The van der Waals surface area contributed by atoms with E-state index in [0.29, 0.717) is 18.8 Å². The van der Waals surface area contributed by atoms with Crippen molar-refractivity contribution >= 4 is 28.7 Å². The predicted octanol–water partition coefficient (Wildman–Crippen LogP) is 3.98. The molecular formula is C27H33N3O5. The third-order valence-electron chi connectivity index (χ3n) is 5.70. The molecule has 8 heteroatoms. The Morgan fingerprint density at radius 2 is 1.66 bits per heavy atom. The molecule has 0 saturated heterocycles. The number of nitrogens with zero attached hydrogens (tertiary/aromatic N) is 1. The van der Waals surface area contributed by atoms with Crippen LogP contribution in [0.25, 0.3) is 10.9 Å². The van der Waals surface area contributed by atoms with E-state index in [1.54, 1.807) is 11.0 Å². The van der Waals surface area contributed by atoms with Gasteiger partial charge in [0.15, 0.2) is 6.10 Å². The van der Waals surface area contributed by atoms with Crippen molar-refractivity contribution in [3.05, 3.63) is 71.9 Å². The molecule has 3 aromatic rings. The average Bonchev–Trinajstić information content (AvgIpc) is 3.30. The number of ether oxygens (including phenoxy) is 1. The van der Waals surface area contributed by atoms with E-state index < -0.39 is 24.0 Å². The van der Waals surface area contributed by atoms with Crippen LogP contribution in [0.1, 0.15) is 49.2 Å². The van der Waals surface area contributed by atoms with Crippen molar-refractivity contribution in [2.24, 2.45) is 0 Å². The minimum atomic E-state index is -1.27. The highest BCUT2D eigenvalue weighted by Gasteiger charge is 2.32. The zero-order valence-corrected chi connectivity index (χ0v) is 20.2. The number of amides is 2. The summed E-state index contributed by atoms with van der Waals surface area (Å²) in [5, 5.41) is 13.4. The van der Waals surface area contributed by atoms with Gasteiger partial charge in [-0.2, -0.15) is 0 Å². The number of carboxylic acids is 1. The van der Waals surface area contributed by atoms with Crippen LogP contribution in [0.4, 0.5) is 0 Å². The number of hydrogen-bond donors (Lipinski definition) is 3. The number of rotatable bonds is 13. The first-order valence-electron chi connectivity index (χ1n) is 12.0. The molecule has 1 heterocycles. The average molecular weight is 480 g/mol. The van der Waals surface area contributed by atoms with Crippen molar-refractivity contribution < 1.29 is 24.2 Å². The maximum atomic E-state index is 13.4. The Balaban J connectivity index is 1.81. The summed E-state index contributed by atoms with van der Waals surface area (Å²) in [6.07, 6.45) is 0.0525. The molecule has 35 heavy (non-hydrogen) atoms. The number of carbonyl (C=O) groups excluding carboxylic acids is 2. The molecule has 186 valence electrons. The fourth-order valence-electron chi connectivity index (χ4n) is 3.97. The van der Waals surface area contributed by atoms with Gasteiger partial charge in [0.2, 0.25) is 5.91 Å². The van der Waals surface area contributed by atoms with Gasteiger partial charge in [-0.05, 0) is 30.5 Å². The summed E-state index contributed by atoms with van der Waals surface area (Å²) in [6, 6.07) is 17.4. The van der Waals surface area contributed by atoms with Crippen molar-refractivity contribution in [3.63, 3.8) is 0 Å². The van der Waals surface area contributed by atoms with E-state index in [4.69, 9.17) is 4.74 Å². The van der Waals surface area contributed by atoms with E-state index in [-0.39, 0.29) is 18.9 Å². The van der Waals surface area contributed by atoms with Gasteiger partial charge < -0.3 is 25.0 Å². The lowest BCUT2D eigenvalue weighted by Crippen LogP contribution is -2.51. The van der Waals surface area contributed by atoms with Crippen LogP contribution < -0.4 is 5.32 Å². The zero-order chi connectivity index (χ0) is 25.2. The molecule has 0 fully saturated rings. The minimum absolute atomic E-state index is 0.0856. The molecule has 2 unspecified atom stereocenters. The molecule has 3 rings (SSSR count). The fourth-order valence-corrected chi connectivity index (χ4v) is 3.97. The van der Waals surface area contributed by atoms with Gasteiger partial charge in [0, 0.05) is 30.4 Å². The summed E-state index contributed by atoms with van der Waals surface area (Å²) in [7, 11) is 0. The second kappa shape index (κ2) is 12.7. The Kier molecular flexibility index (Phi) is 9.43. The first kappa shape index (κ1) is 26.0. The van der Waals surface area contributed by atoms with Crippen LogP contribution in [-0.4, -0.2) is 58.0 Å². The van der Waals surface area contributed by atoms with Crippen molar-refractivity contribution in [3.8, 4) is 0 Å². The molecule has 3 N–H and O–H groups in total. The van der Waals surface area contributed by atoms with Gasteiger partial charge in [0.05, 0.1) is 6.61 Å². The number of para-hydroxylation sites is 1. The predicted molar refractivity (Wildman–Crippen MR) is 134 cm³/mol. The first-order valence-corrected chi connectivity index (χ1v) is 12.0. The zero-order valence-electron chi connectivity index (χ0n) is 20.2. The molecule has 0 aliphatic rings. The summed E-state index contributed by atoms with van der Waals surface area (Å²) in [6.45, 7) is 5.07. The number of fused-ring (bicyclic) bond motifs is 1. The third kappa shape index (κ3) is 7.16. The van der Waals surface area contributed by atoms with Gasteiger partial charge in [-0.15, -0.1) is 0 Å². The quantitative estimate of drug-likeness (QED) is 0.343. The van der Waals surface area contributed by atoms with Crippen LogP contribution in [0.15, 0.2) is 60.7 Å². The van der Waals surface area contributed by atoms with Crippen molar-refractivity contribution in [1.82, 2.24) is 15.2 Å². The highest BCUT2D eigenvalue weighted by atomic mass is 16.5. The summed E-state index contributed by atoms with van der Waals surface area (Å²) in [5.41, 5.74) is 1.93. The Morgan fingerprint density at radius 3 is 2.29 bits per heavy atom. The SMILES string of the molecule is CCCN(CCC)C(=O)C(CC(OCc1ccccc1)C(=O)O)NC(=O)c1cc2ccccc2[nH]1. The number of nitrogens with one attached hydrogen (secondary N) is 2. The maximum absolute atomic E-state index is 13.4. The number of aliphatic carboxylic acids is 1. The number of H-pyrrole nitrogens is 1. The monoisotopic (exact) mass is 479 g/mol. The van der Waals surface area contributed by atoms with Crippen LogP contribution in [0, 0.1) is 0 Å². The molecule has 0 aliphatic heterocycles. The van der Waals surface area contributed by atoms with Crippen LogP contribution in [0.5, 0.6) is 0 Å². The number of carbonyl (C=O) groups is 3. The Bertz CT molecular complexity index is 1090. The molecule has 2 aromatic carbocycles. The summed E-state index contributed by atoms with van der Waals surface area (Å²) in [5.74, 6) is -1.97. The minimum Gasteiger partial charge on any atom is -0.479 e. The van der Waals surface area contributed by atoms with E-state index in [2.05, 4.69) is 10.3 Å². The van der Waals surface area contributed by atoms with Gasteiger partial charge >= 0.3 is 5.97 Å². The fraction of sp³-hybridized carbons (Fsp3) is 0.370. The molecule has 0 bridgehead atoms. The number of benzene rings is 2. The molecule has 0 aliphatic carbocycles. The molecule has 8 nitrogen and oxygen atoms in total. The second-order valence-corrected chi connectivity index (χ2v) is 8.48. The van der Waals surface area contributed by atoms with Crippen LogP contribution >= 0.6 is 0 Å². The van der Waals surface area contributed by atoms with E-state index >= 15 is 0 Å². The Labute approximate surface area is 205 Å². The lowest BCUT2D eigenvalue weighted by atomic mass is 10.1. The lowest BCUT2D eigenvalue weighted by molar-refractivity contribution is -0.153. The van der Waals surface area contributed by atoms with Gasteiger partial charge in [0.1, 0.15) is 11.7 Å². The molecule has 1 aromatic heterocycles. The summed E-state index contributed by atoms with van der Waals surface area (Å²) < 4.78 is 5.68. The van der Waals surface area contributed by atoms with Crippen LogP contribution in [0.2, 0.25) is 0 Å². The van der Waals surface area contributed by atoms with Crippen molar-refractivity contribution in [2.45, 2.75) is 51.9 Å². The highest BCUT2D eigenvalue weighted by molar-refractivity contribution is 6.00. The van der Waals surface area contributed by atoms with E-state index in [0.717, 1.165) is 29.3 Å². The molecule has 0 radical (unpaired) electrons. The van der Waals surface area contributed by atoms with E-state index in [1.807, 2.05) is 68.4 Å². The van der Waals surface area contributed by atoms with Crippen molar-refractivity contribution in [1.29, 1.82) is 0 Å². The molecular weight excluding hydrogens is 446 g/mol. The smallest absolute Gasteiger partial charge is 0.332 e. The molecule has 0 spiro atoms. The van der Waals surface area contributed by atoms with Gasteiger partial charge in [-0.3, -0.25) is 9.59 Å².